The fourth-order valence-electron chi connectivity index (χ4n) is 3.65. The third-order valence-corrected chi connectivity index (χ3v) is 5.18. The Morgan fingerprint density at radius 1 is 1.24 bits per heavy atom. The standard InChI is InChI=1S/C16H20N4O/c21-15(14-12-3-1-2-4-13(12)18-19-14)17-11-16-5-8-20(9-6-16)10-7-16/h1-4H,5-11H2,(H,17,21)(H,18,19). The van der Waals surface area contributed by atoms with Gasteiger partial charge in [0, 0.05) is 11.9 Å². The number of rotatable bonds is 3. The lowest BCUT2D eigenvalue weighted by Crippen LogP contribution is -2.52. The van der Waals surface area contributed by atoms with Gasteiger partial charge in [-0.2, -0.15) is 5.10 Å². The van der Waals surface area contributed by atoms with E-state index in [0.29, 0.717) is 11.1 Å². The Labute approximate surface area is 123 Å². The maximum atomic E-state index is 12.4. The first-order valence-electron chi connectivity index (χ1n) is 7.70. The number of carbonyl (C=O) groups is 1. The number of aromatic nitrogens is 2. The second-order valence-corrected chi connectivity index (χ2v) is 6.39. The topological polar surface area (TPSA) is 61.0 Å². The lowest BCUT2D eigenvalue weighted by molar-refractivity contribution is 0.0262. The molecule has 1 aromatic heterocycles. The molecular formula is C16H20N4O. The van der Waals surface area contributed by atoms with Crippen molar-refractivity contribution in [3.05, 3.63) is 30.0 Å². The van der Waals surface area contributed by atoms with Crippen molar-refractivity contribution in [2.75, 3.05) is 26.2 Å². The molecule has 0 unspecified atom stereocenters. The molecule has 2 aromatic rings. The number of hydrogen-bond acceptors (Lipinski definition) is 3. The Balaban J connectivity index is 1.48. The molecule has 0 radical (unpaired) electrons. The molecule has 5 rings (SSSR count). The molecule has 0 atom stereocenters. The summed E-state index contributed by atoms with van der Waals surface area (Å²) in [7, 11) is 0. The first-order chi connectivity index (χ1) is 10.3. The SMILES string of the molecule is O=C(NCC12CCN(CC1)CC2)c1n[nH]c2ccccc12. The average Bonchev–Trinajstić information content (AvgIpc) is 2.99. The molecule has 0 spiro atoms. The number of aromatic amines is 1. The van der Waals surface area contributed by atoms with Crippen LogP contribution in [-0.4, -0.2) is 47.2 Å². The zero-order valence-electron chi connectivity index (χ0n) is 12.1. The normalized spacial score (nSPS) is 27.9. The van der Waals surface area contributed by atoms with Gasteiger partial charge in [0.05, 0.1) is 5.52 Å². The Morgan fingerprint density at radius 2 is 1.95 bits per heavy atom. The molecule has 5 heteroatoms. The maximum Gasteiger partial charge on any atom is 0.272 e. The maximum absolute atomic E-state index is 12.4. The molecule has 2 bridgehead atoms. The van der Waals surface area contributed by atoms with Gasteiger partial charge in [0.15, 0.2) is 5.69 Å². The van der Waals surface area contributed by atoms with Gasteiger partial charge in [-0.3, -0.25) is 9.89 Å². The minimum absolute atomic E-state index is 0.0603. The average molecular weight is 284 g/mol. The number of fused-ring (bicyclic) bond motifs is 4. The van der Waals surface area contributed by atoms with E-state index < -0.39 is 0 Å². The summed E-state index contributed by atoms with van der Waals surface area (Å²) in [5.74, 6) is -0.0603. The van der Waals surface area contributed by atoms with Gasteiger partial charge in [-0.1, -0.05) is 18.2 Å². The number of nitrogens with one attached hydrogen (secondary N) is 2. The van der Waals surface area contributed by atoms with Crippen LogP contribution >= 0.6 is 0 Å². The molecule has 1 amide bonds. The van der Waals surface area contributed by atoms with Gasteiger partial charge >= 0.3 is 0 Å². The van der Waals surface area contributed by atoms with Gasteiger partial charge in [-0.25, -0.2) is 0 Å². The van der Waals surface area contributed by atoms with E-state index in [4.69, 9.17) is 0 Å². The second-order valence-electron chi connectivity index (χ2n) is 6.39. The molecule has 3 fully saturated rings. The van der Waals surface area contributed by atoms with Crippen LogP contribution < -0.4 is 5.32 Å². The van der Waals surface area contributed by atoms with Crippen LogP contribution in [0.1, 0.15) is 29.8 Å². The molecule has 3 saturated heterocycles. The molecule has 5 nitrogen and oxygen atoms in total. The largest absolute Gasteiger partial charge is 0.350 e. The second kappa shape index (κ2) is 4.84. The number of nitrogens with zero attached hydrogens (tertiary/aromatic N) is 2. The summed E-state index contributed by atoms with van der Waals surface area (Å²) >= 11 is 0. The molecule has 2 N–H and O–H groups in total. The van der Waals surface area contributed by atoms with Crippen LogP contribution in [0, 0.1) is 5.41 Å². The Bertz CT molecular complexity index is 656. The lowest BCUT2D eigenvalue weighted by Gasteiger charge is -2.48. The quantitative estimate of drug-likeness (QED) is 0.903. The fourth-order valence-corrected chi connectivity index (χ4v) is 3.65. The van der Waals surface area contributed by atoms with E-state index in [1.165, 1.54) is 38.9 Å². The van der Waals surface area contributed by atoms with E-state index in [9.17, 15) is 4.79 Å². The van der Waals surface area contributed by atoms with Crippen molar-refractivity contribution in [3.8, 4) is 0 Å². The molecule has 4 heterocycles. The predicted octanol–water partition coefficient (Wildman–Crippen LogP) is 1.78. The molecular weight excluding hydrogens is 264 g/mol. The predicted molar refractivity (Wildman–Crippen MR) is 81.2 cm³/mol. The van der Waals surface area contributed by atoms with Crippen LogP contribution in [0.5, 0.6) is 0 Å². The van der Waals surface area contributed by atoms with E-state index in [1.807, 2.05) is 24.3 Å². The highest BCUT2D eigenvalue weighted by molar-refractivity contribution is 6.04. The summed E-state index contributed by atoms with van der Waals surface area (Å²) < 4.78 is 0. The van der Waals surface area contributed by atoms with Crippen LogP contribution in [0.25, 0.3) is 10.9 Å². The summed E-state index contributed by atoms with van der Waals surface area (Å²) in [5.41, 5.74) is 1.73. The van der Waals surface area contributed by atoms with Crippen molar-refractivity contribution in [1.29, 1.82) is 0 Å². The van der Waals surface area contributed by atoms with Crippen LogP contribution in [0.4, 0.5) is 0 Å². The van der Waals surface area contributed by atoms with Gasteiger partial charge in [0.25, 0.3) is 5.91 Å². The fraction of sp³-hybridized carbons (Fsp3) is 0.500. The molecule has 3 aliphatic heterocycles. The van der Waals surface area contributed by atoms with Gasteiger partial charge in [0.2, 0.25) is 0 Å². The highest BCUT2D eigenvalue weighted by Gasteiger charge is 2.39. The number of amides is 1. The molecule has 3 aliphatic rings. The lowest BCUT2D eigenvalue weighted by atomic mass is 9.72. The summed E-state index contributed by atoms with van der Waals surface area (Å²) in [5, 5.41) is 11.1. The number of H-pyrrole nitrogens is 1. The number of hydrogen-bond donors (Lipinski definition) is 2. The van der Waals surface area contributed by atoms with Crippen molar-refractivity contribution >= 4 is 16.8 Å². The summed E-state index contributed by atoms with van der Waals surface area (Å²) in [6, 6.07) is 7.75. The number of para-hydroxylation sites is 1. The van der Waals surface area contributed by atoms with Gasteiger partial charge < -0.3 is 10.2 Å². The minimum Gasteiger partial charge on any atom is -0.350 e. The minimum atomic E-state index is -0.0603. The van der Waals surface area contributed by atoms with Crippen molar-refractivity contribution < 1.29 is 4.79 Å². The Morgan fingerprint density at radius 3 is 2.71 bits per heavy atom. The highest BCUT2D eigenvalue weighted by Crippen LogP contribution is 2.39. The van der Waals surface area contributed by atoms with Crippen LogP contribution in [-0.2, 0) is 0 Å². The first-order valence-corrected chi connectivity index (χ1v) is 7.70. The van der Waals surface area contributed by atoms with Crippen LogP contribution in [0.15, 0.2) is 24.3 Å². The van der Waals surface area contributed by atoms with Crippen molar-refractivity contribution in [2.45, 2.75) is 19.3 Å². The molecule has 21 heavy (non-hydrogen) atoms. The monoisotopic (exact) mass is 284 g/mol. The zero-order valence-corrected chi connectivity index (χ0v) is 12.1. The van der Waals surface area contributed by atoms with E-state index in [0.717, 1.165) is 17.4 Å². The van der Waals surface area contributed by atoms with Gasteiger partial charge in [-0.05, 0) is 50.4 Å². The molecule has 110 valence electrons. The van der Waals surface area contributed by atoms with Crippen molar-refractivity contribution in [2.24, 2.45) is 5.41 Å². The number of carbonyl (C=O) groups excluding carboxylic acids is 1. The van der Waals surface area contributed by atoms with E-state index >= 15 is 0 Å². The van der Waals surface area contributed by atoms with E-state index in [-0.39, 0.29) is 5.91 Å². The third kappa shape index (κ3) is 2.21. The summed E-state index contributed by atoms with van der Waals surface area (Å²) in [6.45, 7) is 4.32. The van der Waals surface area contributed by atoms with Crippen molar-refractivity contribution in [1.82, 2.24) is 20.4 Å². The smallest absolute Gasteiger partial charge is 0.272 e. The Hall–Kier alpha value is -1.88. The molecule has 0 aliphatic carbocycles. The van der Waals surface area contributed by atoms with E-state index in [1.54, 1.807) is 0 Å². The van der Waals surface area contributed by atoms with Gasteiger partial charge in [-0.15, -0.1) is 0 Å². The number of benzene rings is 1. The van der Waals surface area contributed by atoms with Gasteiger partial charge in [0.1, 0.15) is 0 Å². The van der Waals surface area contributed by atoms with Crippen LogP contribution in [0.2, 0.25) is 0 Å². The highest BCUT2D eigenvalue weighted by atomic mass is 16.1. The third-order valence-electron chi connectivity index (χ3n) is 5.18. The number of piperidine rings is 3. The summed E-state index contributed by atoms with van der Waals surface area (Å²) in [6.07, 6.45) is 3.61. The summed E-state index contributed by atoms with van der Waals surface area (Å²) in [4.78, 5) is 14.9. The van der Waals surface area contributed by atoms with Crippen LogP contribution in [0.3, 0.4) is 0 Å². The Kier molecular flexibility index (Phi) is 2.96. The zero-order chi connectivity index (χ0) is 14.3. The molecule has 1 aromatic carbocycles. The van der Waals surface area contributed by atoms with Crippen molar-refractivity contribution in [3.63, 3.8) is 0 Å². The first kappa shape index (κ1) is 12.8. The molecule has 0 saturated carbocycles. The van der Waals surface area contributed by atoms with E-state index in [2.05, 4.69) is 20.4 Å².